The number of rotatable bonds is 6. The van der Waals surface area contributed by atoms with Crippen molar-refractivity contribution in [3.8, 4) is 11.8 Å². The standard InChI is InChI=1S/C18H19BrN2O4/c1-3-23-18(22)15-11(2)25-17(21)13(10-20)16(15)12-6-4-5-7-14(12)24-9-8-19/h4-7,16H,3,8-9,21H2,1-2H3. The lowest BCUT2D eigenvalue weighted by Crippen LogP contribution is -2.26. The van der Waals surface area contributed by atoms with Gasteiger partial charge in [0.15, 0.2) is 0 Å². The molecule has 0 spiro atoms. The molecule has 0 radical (unpaired) electrons. The number of nitrogens with two attached hydrogens (primary N) is 1. The molecule has 0 fully saturated rings. The van der Waals surface area contributed by atoms with E-state index in [-0.39, 0.29) is 23.6 Å². The molecule has 1 aliphatic rings. The van der Waals surface area contributed by atoms with E-state index in [0.29, 0.717) is 29.0 Å². The fourth-order valence-electron chi connectivity index (χ4n) is 2.66. The van der Waals surface area contributed by atoms with Crippen molar-refractivity contribution >= 4 is 21.9 Å². The Morgan fingerprint density at radius 3 is 2.80 bits per heavy atom. The van der Waals surface area contributed by atoms with Gasteiger partial charge in [0.25, 0.3) is 0 Å². The molecule has 2 N–H and O–H groups in total. The lowest BCUT2D eigenvalue weighted by atomic mass is 9.82. The summed E-state index contributed by atoms with van der Waals surface area (Å²) in [6, 6.07) is 9.29. The van der Waals surface area contributed by atoms with E-state index < -0.39 is 11.9 Å². The average Bonchev–Trinajstić information content (AvgIpc) is 2.59. The number of esters is 1. The minimum atomic E-state index is -0.704. The SMILES string of the molecule is CCOC(=O)C1=C(C)OC(N)=C(C#N)C1c1ccccc1OCCBr. The number of alkyl halides is 1. The van der Waals surface area contributed by atoms with Gasteiger partial charge in [-0.2, -0.15) is 5.26 Å². The third kappa shape index (κ3) is 3.97. The minimum absolute atomic E-state index is 0.0201. The number of benzene rings is 1. The number of hydrogen-bond donors (Lipinski definition) is 1. The number of carbonyl (C=O) groups excluding carboxylic acids is 1. The second-order valence-corrected chi connectivity index (χ2v) is 5.98. The van der Waals surface area contributed by atoms with Crippen LogP contribution in [0, 0.1) is 11.3 Å². The van der Waals surface area contributed by atoms with E-state index in [2.05, 4.69) is 22.0 Å². The van der Waals surface area contributed by atoms with Gasteiger partial charge < -0.3 is 19.9 Å². The highest BCUT2D eigenvalue weighted by Crippen LogP contribution is 2.42. The summed E-state index contributed by atoms with van der Waals surface area (Å²) < 4.78 is 16.3. The second kappa shape index (κ2) is 8.58. The van der Waals surface area contributed by atoms with Gasteiger partial charge in [-0.1, -0.05) is 34.1 Å². The number of carbonyl (C=O) groups is 1. The number of ether oxygens (including phenoxy) is 3. The van der Waals surface area contributed by atoms with Crippen LogP contribution in [0.5, 0.6) is 5.75 Å². The van der Waals surface area contributed by atoms with E-state index in [4.69, 9.17) is 19.9 Å². The van der Waals surface area contributed by atoms with Crippen LogP contribution in [0.1, 0.15) is 25.3 Å². The summed E-state index contributed by atoms with van der Waals surface area (Å²) in [5.41, 5.74) is 6.96. The van der Waals surface area contributed by atoms with Crippen molar-refractivity contribution in [3.05, 3.63) is 52.6 Å². The number of nitrogens with zero attached hydrogens (tertiary/aromatic N) is 1. The van der Waals surface area contributed by atoms with Crippen LogP contribution in [-0.2, 0) is 14.3 Å². The Balaban J connectivity index is 2.61. The molecule has 0 bridgehead atoms. The Hall–Kier alpha value is -2.46. The molecule has 1 aromatic rings. The van der Waals surface area contributed by atoms with Crippen molar-refractivity contribution in [2.75, 3.05) is 18.5 Å². The zero-order valence-corrected chi connectivity index (χ0v) is 15.6. The van der Waals surface area contributed by atoms with Crippen LogP contribution >= 0.6 is 15.9 Å². The molecule has 25 heavy (non-hydrogen) atoms. The maximum Gasteiger partial charge on any atom is 0.338 e. The summed E-state index contributed by atoms with van der Waals surface area (Å²) in [6.45, 7) is 4.00. The molecule has 1 aliphatic heterocycles. The van der Waals surface area contributed by atoms with Crippen molar-refractivity contribution in [1.29, 1.82) is 5.26 Å². The molecule has 2 rings (SSSR count). The highest BCUT2D eigenvalue weighted by Gasteiger charge is 2.37. The molecule has 0 saturated heterocycles. The normalized spacial score (nSPS) is 17.0. The van der Waals surface area contributed by atoms with Gasteiger partial charge >= 0.3 is 5.97 Å². The van der Waals surface area contributed by atoms with Crippen LogP contribution in [0.15, 0.2) is 47.1 Å². The van der Waals surface area contributed by atoms with Gasteiger partial charge in [-0.15, -0.1) is 0 Å². The largest absolute Gasteiger partial charge is 0.492 e. The molecule has 7 heteroatoms. The number of allylic oxidation sites excluding steroid dienone is 2. The second-order valence-electron chi connectivity index (χ2n) is 5.19. The minimum Gasteiger partial charge on any atom is -0.492 e. The van der Waals surface area contributed by atoms with Gasteiger partial charge in [-0.3, -0.25) is 0 Å². The third-order valence-electron chi connectivity index (χ3n) is 3.67. The topological polar surface area (TPSA) is 94.6 Å². The summed E-state index contributed by atoms with van der Waals surface area (Å²) in [5.74, 6) is -0.377. The molecule has 6 nitrogen and oxygen atoms in total. The first-order valence-electron chi connectivity index (χ1n) is 7.78. The van der Waals surface area contributed by atoms with E-state index >= 15 is 0 Å². The molecule has 0 aromatic heterocycles. The van der Waals surface area contributed by atoms with Gasteiger partial charge in [0.05, 0.1) is 24.7 Å². The first kappa shape index (κ1) is 18.9. The lowest BCUT2D eigenvalue weighted by Gasteiger charge is -2.28. The van der Waals surface area contributed by atoms with E-state index in [0.717, 1.165) is 0 Å². The summed E-state index contributed by atoms with van der Waals surface area (Å²) in [6.07, 6.45) is 0. The number of nitriles is 1. The monoisotopic (exact) mass is 406 g/mol. The van der Waals surface area contributed by atoms with E-state index in [1.54, 1.807) is 26.0 Å². The molecule has 1 unspecified atom stereocenters. The molecule has 132 valence electrons. The molecule has 1 atom stereocenters. The van der Waals surface area contributed by atoms with Gasteiger partial charge in [0, 0.05) is 10.9 Å². The Morgan fingerprint density at radius 2 is 2.16 bits per heavy atom. The summed E-state index contributed by atoms with van der Waals surface area (Å²) >= 11 is 3.32. The molecular weight excluding hydrogens is 388 g/mol. The summed E-state index contributed by atoms with van der Waals surface area (Å²) in [5, 5.41) is 10.2. The van der Waals surface area contributed by atoms with Gasteiger partial charge in [0.1, 0.15) is 23.2 Å². The summed E-state index contributed by atoms with van der Waals surface area (Å²) in [7, 11) is 0. The molecule has 0 amide bonds. The maximum absolute atomic E-state index is 12.5. The number of hydrogen-bond acceptors (Lipinski definition) is 6. The zero-order chi connectivity index (χ0) is 18.4. The zero-order valence-electron chi connectivity index (χ0n) is 14.0. The lowest BCUT2D eigenvalue weighted by molar-refractivity contribution is -0.139. The quantitative estimate of drug-likeness (QED) is 0.575. The van der Waals surface area contributed by atoms with Crippen molar-refractivity contribution in [1.82, 2.24) is 0 Å². The smallest absolute Gasteiger partial charge is 0.338 e. The Kier molecular flexibility index (Phi) is 6.48. The third-order valence-corrected chi connectivity index (χ3v) is 3.99. The van der Waals surface area contributed by atoms with Crippen LogP contribution in [-0.4, -0.2) is 24.5 Å². The van der Waals surface area contributed by atoms with Crippen LogP contribution in [0.2, 0.25) is 0 Å². The van der Waals surface area contributed by atoms with Crippen molar-refractivity contribution in [2.24, 2.45) is 5.73 Å². The highest BCUT2D eigenvalue weighted by atomic mass is 79.9. The van der Waals surface area contributed by atoms with Crippen LogP contribution in [0.3, 0.4) is 0 Å². The van der Waals surface area contributed by atoms with E-state index in [1.807, 2.05) is 12.1 Å². The van der Waals surface area contributed by atoms with Gasteiger partial charge in [-0.25, -0.2) is 4.79 Å². The Labute approximate surface area is 155 Å². The molecule has 1 aromatic carbocycles. The van der Waals surface area contributed by atoms with Crippen molar-refractivity contribution in [3.63, 3.8) is 0 Å². The van der Waals surface area contributed by atoms with E-state index in [9.17, 15) is 10.1 Å². The molecular formula is C18H19BrN2O4. The molecule has 0 saturated carbocycles. The highest BCUT2D eigenvalue weighted by molar-refractivity contribution is 9.09. The molecule has 0 aliphatic carbocycles. The van der Waals surface area contributed by atoms with Crippen LogP contribution in [0.25, 0.3) is 0 Å². The first-order valence-corrected chi connectivity index (χ1v) is 8.90. The molecule has 1 heterocycles. The van der Waals surface area contributed by atoms with E-state index in [1.165, 1.54) is 0 Å². The predicted molar refractivity (Wildman–Crippen MR) is 95.7 cm³/mol. The summed E-state index contributed by atoms with van der Waals surface area (Å²) in [4.78, 5) is 12.5. The van der Waals surface area contributed by atoms with Gasteiger partial charge in [-0.05, 0) is 19.9 Å². The van der Waals surface area contributed by atoms with Crippen LogP contribution < -0.4 is 10.5 Å². The van der Waals surface area contributed by atoms with Crippen molar-refractivity contribution < 1.29 is 19.0 Å². The number of halogens is 1. The van der Waals surface area contributed by atoms with Gasteiger partial charge in [0.2, 0.25) is 5.88 Å². The fourth-order valence-corrected chi connectivity index (χ4v) is 2.83. The maximum atomic E-state index is 12.5. The first-order chi connectivity index (χ1) is 12.0. The Morgan fingerprint density at radius 1 is 1.44 bits per heavy atom. The van der Waals surface area contributed by atoms with Crippen molar-refractivity contribution in [2.45, 2.75) is 19.8 Å². The fraction of sp³-hybridized carbons (Fsp3) is 0.333. The van der Waals surface area contributed by atoms with Crippen LogP contribution in [0.4, 0.5) is 0 Å². The predicted octanol–water partition coefficient (Wildman–Crippen LogP) is 3.11. The number of para-hydroxylation sites is 1. The Bertz CT molecular complexity index is 765. The average molecular weight is 407 g/mol.